The Labute approximate surface area is 248 Å². The standard InChI is InChI=1S/C31H64O7Si2/c1-14-39(15-2,16-3)37-26-20-31(35-13,36-29(22(7)8)23(26)9)25(11)30(38-40(17-4,18-5)19-6)24(10)28(33)27(21-32)34-12/h21-30,33H,14-20H2,1-13H3/t23-,24+,25-,26+,27-,28+,29+,30+,31+/m0/s1. The molecule has 1 aliphatic rings. The van der Waals surface area contributed by atoms with Gasteiger partial charge in [-0.15, -0.1) is 0 Å². The van der Waals surface area contributed by atoms with Crippen LogP contribution in [0.1, 0.15) is 82.6 Å². The fourth-order valence-corrected chi connectivity index (χ4v) is 12.8. The number of aliphatic hydroxyl groups is 1. The van der Waals surface area contributed by atoms with Crippen LogP contribution in [0.5, 0.6) is 0 Å². The van der Waals surface area contributed by atoms with Gasteiger partial charge in [0, 0.05) is 38.4 Å². The topological polar surface area (TPSA) is 83.5 Å². The second-order valence-electron chi connectivity index (χ2n) is 12.6. The lowest BCUT2D eigenvalue weighted by atomic mass is 9.76. The molecule has 7 nitrogen and oxygen atoms in total. The minimum atomic E-state index is -2.12. The Morgan fingerprint density at radius 1 is 0.925 bits per heavy atom. The van der Waals surface area contributed by atoms with Gasteiger partial charge in [0.05, 0.1) is 24.4 Å². The van der Waals surface area contributed by atoms with Crippen molar-refractivity contribution >= 4 is 22.9 Å². The SMILES string of the molecule is CC[Si](CC)(CC)O[C@H]([C@H](C)[C@@H](O)[C@H](C=O)OC)[C@H](C)[C@@]1(OC)C[C@@H](O[Si](CC)(CC)CC)[C@H](C)[C@@H](C(C)C)O1. The highest BCUT2D eigenvalue weighted by molar-refractivity contribution is 6.74. The summed E-state index contributed by atoms with van der Waals surface area (Å²) in [4.78, 5) is 11.8. The average Bonchev–Trinajstić information content (AvgIpc) is 2.97. The van der Waals surface area contributed by atoms with Gasteiger partial charge >= 0.3 is 0 Å². The second-order valence-corrected chi connectivity index (χ2v) is 22.1. The molecule has 0 bridgehead atoms. The van der Waals surface area contributed by atoms with Gasteiger partial charge in [0.25, 0.3) is 0 Å². The van der Waals surface area contributed by atoms with Gasteiger partial charge in [-0.1, -0.05) is 76.2 Å². The summed E-state index contributed by atoms with van der Waals surface area (Å²) in [7, 11) is -0.825. The number of hydrogen-bond donors (Lipinski definition) is 1. The molecule has 1 saturated heterocycles. The van der Waals surface area contributed by atoms with Crippen LogP contribution in [-0.4, -0.2) is 78.6 Å². The first-order valence-corrected chi connectivity index (χ1v) is 21.1. The molecule has 1 heterocycles. The largest absolute Gasteiger partial charge is 0.413 e. The number of aliphatic hydroxyl groups excluding tert-OH is 1. The maximum Gasteiger partial charge on any atom is 0.192 e. The van der Waals surface area contributed by atoms with Gasteiger partial charge < -0.3 is 33.0 Å². The fraction of sp³-hybridized carbons (Fsp3) is 0.968. The van der Waals surface area contributed by atoms with E-state index in [4.69, 9.17) is 23.1 Å². The van der Waals surface area contributed by atoms with E-state index >= 15 is 0 Å². The van der Waals surface area contributed by atoms with Crippen LogP contribution >= 0.6 is 0 Å². The molecule has 1 rings (SSSR count). The predicted molar refractivity (Wildman–Crippen MR) is 169 cm³/mol. The average molecular weight is 605 g/mol. The van der Waals surface area contributed by atoms with Crippen molar-refractivity contribution in [3.63, 3.8) is 0 Å². The Kier molecular flexibility index (Phi) is 15.8. The van der Waals surface area contributed by atoms with Crippen LogP contribution in [0.25, 0.3) is 0 Å². The normalized spacial score (nSPS) is 28.2. The molecule has 0 unspecified atom stereocenters. The molecule has 0 aromatic rings. The maximum absolute atomic E-state index is 11.8. The number of hydrogen-bond acceptors (Lipinski definition) is 7. The molecule has 1 N–H and O–H groups in total. The summed E-state index contributed by atoms with van der Waals surface area (Å²) in [6, 6.07) is 6.18. The number of carbonyl (C=O) groups excluding carboxylic acids is 1. The molecule has 0 aliphatic carbocycles. The third kappa shape index (κ3) is 8.27. The van der Waals surface area contributed by atoms with Crippen molar-refractivity contribution in [1.29, 1.82) is 0 Å². The smallest absolute Gasteiger partial charge is 0.192 e. The van der Waals surface area contributed by atoms with Crippen molar-refractivity contribution in [1.82, 2.24) is 0 Å². The van der Waals surface area contributed by atoms with Crippen LogP contribution in [0.2, 0.25) is 36.3 Å². The Bertz CT molecular complexity index is 714. The van der Waals surface area contributed by atoms with Gasteiger partial charge in [0.15, 0.2) is 28.7 Å². The molecule has 40 heavy (non-hydrogen) atoms. The van der Waals surface area contributed by atoms with E-state index in [2.05, 4.69) is 69.2 Å². The Hall–Kier alpha value is -0.136. The molecule has 0 aromatic carbocycles. The number of carbonyl (C=O) groups is 1. The highest BCUT2D eigenvalue weighted by Gasteiger charge is 2.55. The van der Waals surface area contributed by atoms with Crippen LogP contribution in [0.3, 0.4) is 0 Å². The third-order valence-corrected chi connectivity index (χ3v) is 19.9. The molecule has 9 atom stereocenters. The van der Waals surface area contributed by atoms with Crippen molar-refractivity contribution in [3.8, 4) is 0 Å². The molecule has 0 spiro atoms. The van der Waals surface area contributed by atoms with Crippen molar-refractivity contribution in [3.05, 3.63) is 0 Å². The lowest BCUT2D eigenvalue weighted by Gasteiger charge is -2.54. The minimum absolute atomic E-state index is 0.00294. The quantitative estimate of drug-likeness (QED) is 0.125. The lowest BCUT2D eigenvalue weighted by molar-refractivity contribution is -0.336. The van der Waals surface area contributed by atoms with E-state index in [9.17, 15) is 9.90 Å². The van der Waals surface area contributed by atoms with Crippen LogP contribution in [0.15, 0.2) is 0 Å². The molecule has 0 amide bonds. The molecular formula is C31H64O7Si2. The first kappa shape index (κ1) is 37.9. The van der Waals surface area contributed by atoms with E-state index in [0.29, 0.717) is 12.7 Å². The lowest BCUT2D eigenvalue weighted by Crippen LogP contribution is -2.63. The minimum Gasteiger partial charge on any atom is -0.413 e. The highest BCUT2D eigenvalue weighted by Crippen LogP contribution is 2.47. The molecule has 1 aliphatic heterocycles. The third-order valence-electron chi connectivity index (χ3n) is 10.6. The number of methoxy groups -OCH3 is 2. The zero-order valence-corrected chi connectivity index (χ0v) is 30.1. The maximum atomic E-state index is 11.8. The van der Waals surface area contributed by atoms with E-state index in [-0.39, 0.29) is 35.9 Å². The van der Waals surface area contributed by atoms with Crippen molar-refractivity contribution in [2.75, 3.05) is 14.2 Å². The van der Waals surface area contributed by atoms with Gasteiger partial charge in [0.2, 0.25) is 0 Å². The predicted octanol–water partition coefficient (Wildman–Crippen LogP) is 7.04. The van der Waals surface area contributed by atoms with Crippen LogP contribution in [0.4, 0.5) is 0 Å². The molecule has 0 aromatic heterocycles. The summed E-state index contributed by atoms with van der Waals surface area (Å²) in [6.07, 6.45) is -1.10. The first-order valence-electron chi connectivity index (χ1n) is 16.0. The van der Waals surface area contributed by atoms with Gasteiger partial charge in [0.1, 0.15) is 6.10 Å². The van der Waals surface area contributed by atoms with E-state index < -0.39 is 40.7 Å². The molecule has 1 fully saturated rings. The van der Waals surface area contributed by atoms with Gasteiger partial charge in [-0.25, -0.2) is 0 Å². The molecular weight excluding hydrogens is 541 g/mol. The van der Waals surface area contributed by atoms with Crippen molar-refractivity contribution < 1.29 is 33.0 Å². The summed E-state index contributed by atoms with van der Waals surface area (Å²) in [5.41, 5.74) is 0. The molecule has 238 valence electrons. The Morgan fingerprint density at radius 2 is 1.43 bits per heavy atom. The van der Waals surface area contributed by atoms with Gasteiger partial charge in [-0.05, 0) is 42.2 Å². The molecule has 9 heteroatoms. The monoisotopic (exact) mass is 604 g/mol. The Morgan fingerprint density at radius 3 is 1.80 bits per heavy atom. The number of ether oxygens (including phenoxy) is 3. The van der Waals surface area contributed by atoms with Crippen molar-refractivity contribution in [2.24, 2.45) is 23.7 Å². The number of aldehydes is 1. The van der Waals surface area contributed by atoms with Crippen molar-refractivity contribution in [2.45, 2.75) is 155 Å². The number of rotatable bonds is 19. The summed E-state index contributed by atoms with van der Waals surface area (Å²) in [5.74, 6) is -1.08. The summed E-state index contributed by atoms with van der Waals surface area (Å²) >= 11 is 0. The van der Waals surface area contributed by atoms with E-state index in [0.717, 1.165) is 36.3 Å². The molecule has 0 radical (unpaired) electrons. The summed E-state index contributed by atoms with van der Waals surface area (Å²) < 4.78 is 33.2. The zero-order valence-electron chi connectivity index (χ0n) is 28.1. The van der Waals surface area contributed by atoms with Gasteiger partial charge in [-0.3, -0.25) is 0 Å². The highest BCUT2D eigenvalue weighted by atomic mass is 28.4. The first-order chi connectivity index (χ1) is 18.8. The fourth-order valence-electron chi connectivity index (χ4n) is 6.86. The van der Waals surface area contributed by atoms with Crippen LogP contribution in [-0.2, 0) is 27.9 Å². The Balaban J connectivity index is 3.70. The van der Waals surface area contributed by atoms with Crippen LogP contribution in [0, 0.1) is 23.7 Å². The van der Waals surface area contributed by atoms with E-state index in [1.807, 2.05) is 6.92 Å². The molecule has 0 saturated carbocycles. The van der Waals surface area contributed by atoms with Crippen LogP contribution < -0.4 is 0 Å². The van der Waals surface area contributed by atoms with Gasteiger partial charge in [-0.2, -0.15) is 0 Å². The van der Waals surface area contributed by atoms with E-state index in [1.165, 1.54) is 7.11 Å². The summed E-state index contributed by atoms with van der Waals surface area (Å²) in [6.45, 7) is 24.2. The van der Waals surface area contributed by atoms with E-state index in [1.54, 1.807) is 7.11 Å². The second kappa shape index (κ2) is 16.6. The summed E-state index contributed by atoms with van der Waals surface area (Å²) in [5, 5.41) is 11.3. The zero-order chi connectivity index (χ0) is 30.9.